The molecule has 1 fully saturated rings. The Hall–Kier alpha value is -1.96. The lowest BCUT2D eigenvalue weighted by Crippen LogP contribution is -2.49. The quantitative estimate of drug-likeness (QED) is 0.873. The van der Waals surface area contributed by atoms with E-state index in [1.165, 1.54) is 16.9 Å². The second kappa shape index (κ2) is 8.23. The lowest BCUT2D eigenvalue weighted by molar-refractivity contribution is 0.0913. The third-order valence-corrected chi connectivity index (χ3v) is 4.90. The summed E-state index contributed by atoms with van der Waals surface area (Å²) in [6.07, 6.45) is 1.68. The standard InChI is InChI=1S/C17H23N5OS/c1-21-10-11-22(15(13-21)14-5-3-2-4-6-14)9-7-18-16(23)20-17-19-8-12-24-17/h2-6,8,12,15H,7,9-11,13H2,1H3,(H2,18,19,20,23)/t15-/m0/s1. The Morgan fingerprint density at radius 1 is 1.33 bits per heavy atom. The number of carbonyl (C=O) groups is 1. The van der Waals surface area contributed by atoms with Gasteiger partial charge in [0.1, 0.15) is 0 Å². The number of benzene rings is 1. The molecule has 0 radical (unpaired) electrons. The fourth-order valence-electron chi connectivity index (χ4n) is 2.96. The molecule has 0 spiro atoms. The molecule has 1 aromatic carbocycles. The van der Waals surface area contributed by atoms with Crippen molar-refractivity contribution in [1.29, 1.82) is 0 Å². The fourth-order valence-corrected chi connectivity index (χ4v) is 3.48. The summed E-state index contributed by atoms with van der Waals surface area (Å²) < 4.78 is 0. The van der Waals surface area contributed by atoms with Gasteiger partial charge in [0.05, 0.1) is 0 Å². The van der Waals surface area contributed by atoms with Crippen LogP contribution in [-0.2, 0) is 0 Å². The zero-order chi connectivity index (χ0) is 16.8. The first-order valence-electron chi connectivity index (χ1n) is 8.14. The second-order valence-corrected chi connectivity index (χ2v) is 6.84. The summed E-state index contributed by atoms with van der Waals surface area (Å²) in [6, 6.07) is 10.7. The van der Waals surface area contributed by atoms with Gasteiger partial charge >= 0.3 is 6.03 Å². The molecule has 1 aliphatic heterocycles. The summed E-state index contributed by atoms with van der Waals surface area (Å²) in [7, 11) is 2.16. The zero-order valence-corrected chi connectivity index (χ0v) is 14.6. The van der Waals surface area contributed by atoms with Crippen molar-refractivity contribution in [3.05, 3.63) is 47.5 Å². The number of amides is 2. The van der Waals surface area contributed by atoms with E-state index >= 15 is 0 Å². The van der Waals surface area contributed by atoms with Gasteiger partial charge in [-0.2, -0.15) is 0 Å². The highest BCUT2D eigenvalue weighted by Crippen LogP contribution is 2.24. The van der Waals surface area contributed by atoms with Crippen LogP contribution in [0.3, 0.4) is 0 Å². The van der Waals surface area contributed by atoms with E-state index < -0.39 is 0 Å². The van der Waals surface area contributed by atoms with Crippen molar-refractivity contribution in [2.24, 2.45) is 0 Å². The molecule has 2 N–H and O–H groups in total. The molecule has 0 saturated carbocycles. The van der Waals surface area contributed by atoms with Crippen molar-refractivity contribution >= 4 is 22.5 Å². The van der Waals surface area contributed by atoms with Crippen molar-refractivity contribution < 1.29 is 4.79 Å². The van der Waals surface area contributed by atoms with Crippen LogP contribution in [0.2, 0.25) is 0 Å². The van der Waals surface area contributed by atoms with Gasteiger partial charge in [0.15, 0.2) is 5.13 Å². The second-order valence-electron chi connectivity index (χ2n) is 5.94. The first-order valence-corrected chi connectivity index (χ1v) is 9.02. The van der Waals surface area contributed by atoms with Gasteiger partial charge in [-0.3, -0.25) is 10.2 Å². The number of rotatable bonds is 5. The Balaban J connectivity index is 1.51. The molecule has 1 saturated heterocycles. The first kappa shape index (κ1) is 16.9. The van der Waals surface area contributed by atoms with E-state index in [4.69, 9.17) is 0 Å². The molecule has 2 heterocycles. The van der Waals surface area contributed by atoms with Crippen LogP contribution in [0.15, 0.2) is 41.9 Å². The number of carbonyl (C=O) groups excluding carboxylic acids is 1. The monoisotopic (exact) mass is 345 g/mol. The van der Waals surface area contributed by atoms with Crippen molar-refractivity contribution in [1.82, 2.24) is 20.1 Å². The van der Waals surface area contributed by atoms with Crippen LogP contribution in [-0.4, -0.2) is 60.6 Å². The average molecular weight is 345 g/mol. The number of hydrogen-bond acceptors (Lipinski definition) is 5. The SMILES string of the molecule is CN1CCN(CCNC(=O)Nc2nccs2)[C@H](c2ccccc2)C1. The van der Waals surface area contributed by atoms with Crippen molar-refractivity contribution in [2.45, 2.75) is 6.04 Å². The highest BCUT2D eigenvalue weighted by atomic mass is 32.1. The van der Waals surface area contributed by atoms with E-state index in [1.54, 1.807) is 6.20 Å². The summed E-state index contributed by atoms with van der Waals surface area (Å²) in [6.45, 7) is 4.51. The molecule has 0 bridgehead atoms. The summed E-state index contributed by atoms with van der Waals surface area (Å²) in [4.78, 5) is 20.7. The van der Waals surface area contributed by atoms with Crippen LogP contribution in [0.1, 0.15) is 11.6 Å². The molecule has 3 rings (SSSR count). The van der Waals surface area contributed by atoms with E-state index in [9.17, 15) is 4.79 Å². The van der Waals surface area contributed by atoms with Crippen molar-refractivity contribution in [3.63, 3.8) is 0 Å². The predicted octanol–water partition coefficient (Wildman–Crippen LogP) is 2.25. The number of hydrogen-bond donors (Lipinski definition) is 2. The number of urea groups is 1. The normalized spacial score (nSPS) is 19.1. The summed E-state index contributed by atoms with van der Waals surface area (Å²) >= 11 is 1.41. The van der Waals surface area contributed by atoms with Gasteiger partial charge in [-0.15, -0.1) is 11.3 Å². The minimum Gasteiger partial charge on any atom is -0.337 e. The Kier molecular flexibility index (Phi) is 5.79. The number of nitrogens with one attached hydrogen (secondary N) is 2. The number of nitrogens with zero attached hydrogens (tertiary/aromatic N) is 3. The topological polar surface area (TPSA) is 60.5 Å². The zero-order valence-electron chi connectivity index (χ0n) is 13.8. The molecule has 0 unspecified atom stereocenters. The van der Waals surface area contributed by atoms with Gasteiger partial charge in [0.25, 0.3) is 0 Å². The fraction of sp³-hybridized carbons (Fsp3) is 0.412. The maximum Gasteiger partial charge on any atom is 0.321 e. The number of likely N-dealkylation sites (N-methyl/N-ethyl adjacent to an activating group) is 1. The lowest BCUT2D eigenvalue weighted by Gasteiger charge is -2.40. The summed E-state index contributed by atoms with van der Waals surface area (Å²) in [5.74, 6) is 0. The molecular weight excluding hydrogens is 322 g/mol. The molecule has 1 aliphatic rings. The molecule has 6 nitrogen and oxygen atoms in total. The Morgan fingerprint density at radius 2 is 2.17 bits per heavy atom. The van der Waals surface area contributed by atoms with Crippen LogP contribution >= 0.6 is 11.3 Å². The van der Waals surface area contributed by atoms with Crippen LogP contribution < -0.4 is 10.6 Å². The van der Waals surface area contributed by atoms with E-state index in [2.05, 4.69) is 56.7 Å². The summed E-state index contributed by atoms with van der Waals surface area (Å²) in [5, 5.41) is 8.11. The van der Waals surface area contributed by atoms with Crippen LogP contribution in [0, 0.1) is 0 Å². The first-order chi connectivity index (χ1) is 11.7. The highest BCUT2D eigenvalue weighted by Gasteiger charge is 2.26. The molecule has 1 aromatic heterocycles. The maximum absolute atomic E-state index is 11.9. The maximum atomic E-state index is 11.9. The van der Waals surface area contributed by atoms with E-state index in [1.807, 2.05) is 11.4 Å². The smallest absolute Gasteiger partial charge is 0.321 e. The average Bonchev–Trinajstić information content (AvgIpc) is 3.10. The Labute approximate surface area is 146 Å². The Bertz CT molecular complexity index is 634. The molecule has 24 heavy (non-hydrogen) atoms. The van der Waals surface area contributed by atoms with E-state index in [-0.39, 0.29) is 6.03 Å². The number of anilines is 1. The third-order valence-electron chi connectivity index (χ3n) is 4.22. The largest absolute Gasteiger partial charge is 0.337 e. The third kappa shape index (κ3) is 4.53. The lowest BCUT2D eigenvalue weighted by atomic mass is 10.0. The molecule has 2 aromatic rings. The molecule has 2 amide bonds. The van der Waals surface area contributed by atoms with Gasteiger partial charge in [0, 0.05) is 50.3 Å². The minimum atomic E-state index is -0.199. The number of thiazole rings is 1. The van der Waals surface area contributed by atoms with Gasteiger partial charge in [-0.05, 0) is 12.6 Å². The van der Waals surface area contributed by atoms with Crippen molar-refractivity contribution in [3.8, 4) is 0 Å². The van der Waals surface area contributed by atoms with Crippen LogP contribution in [0.4, 0.5) is 9.93 Å². The predicted molar refractivity (Wildman–Crippen MR) is 97.4 cm³/mol. The molecule has 7 heteroatoms. The van der Waals surface area contributed by atoms with Gasteiger partial charge in [-0.25, -0.2) is 9.78 Å². The Morgan fingerprint density at radius 3 is 2.92 bits per heavy atom. The number of aromatic nitrogens is 1. The van der Waals surface area contributed by atoms with Gasteiger partial charge in [-0.1, -0.05) is 30.3 Å². The van der Waals surface area contributed by atoms with E-state index in [0.29, 0.717) is 17.7 Å². The van der Waals surface area contributed by atoms with Crippen LogP contribution in [0.25, 0.3) is 0 Å². The molecular formula is C17H23N5OS. The number of piperazine rings is 1. The van der Waals surface area contributed by atoms with Gasteiger partial charge < -0.3 is 10.2 Å². The van der Waals surface area contributed by atoms with Crippen LogP contribution in [0.5, 0.6) is 0 Å². The van der Waals surface area contributed by atoms with Crippen molar-refractivity contribution in [2.75, 3.05) is 45.1 Å². The molecule has 1 atom stereocenters. The van der Waals surface area contributed by atoms with Gasteiger partial charge in [0.2, 0.25) is 0 Å². The highest BCUT2D eigenvalue weighted by molar-refractivity contribution is 7.13. The summed E-state index contributed by atoms with van der Waals surface area (Å²) in [5.41, 5.74) is 1.33. The molecule has 128 valence electrons. The minimum absolute atomic E-state index is 0.199. The van der Waals surface area contributed by atoms with E-state index in [0.717, 1.165) is 26.2 Å². The molecule has 0 aliphatic carbocycles.